The molecule has 1 atom stereocenters. The first kappa shape index (κ1) is 14.9. The zero-order valence-electron chi connectivity index (χ0n) is 10.1. The molecule has 2 N–H and O–H groups in total. The molecule has 18 heavy (non-hydrogen) atoms. The van der Waals surface area contributed by atoms with Crippen LogP contribution in [0.2, 0.25) is 0 Å². The van der Waals surface area contributed by atoms with Crippen molar-refractivity contribution in [2.45, 2.75) is 25.3 Å². The fraction of sp³-hybridized carbons (Fsp3) is 0.800. The van der Waals surface area contributed by atoms with E-state index in [0.717, 1.165) is 0 Å². The Bertz CT molecular complexity index is 424. The predicted octanol–water partition coefficient (Wildman–Crippen LogP) is -0.829. The van der Waals surface area contributed by atoms with Gasteiger partial charge in [0.1, 0.15) is 5.75 Å². The molecule has 0 spiro atoms. The van der Waals surface area contributed by atoms with Gasteiger partial charge in [-0.05, 0) is 6.42 Å². The molecule has 0 bridgehead atoms. The average Bonchev–Trinajstić information content (AvgIpc) is 2.65. The maximum Gasteiger partial charge on any atom is 0.331 e. The highest BCUT2D eigenvalue weighted by molar-refractivity contribution is 7.92. The lowest BCUT2D eigenvalue weighted by atomic mass is 9.99. The van der Waals surface area contributed by atoms with Gasteiger partial charge in [-0.25, -0.2) is 13.2 Å². The van der Waals surface area contributed by atoms with Crippen LogP contribution in [-0.4, -0.2) is 55.7 Å². The third kappa shape index (κ3) is 3.67. The Hall–Kier alpha value is -1.15. The topological polar surface area (TPSA) is 110 Å². The van der Waals surface area contributed by atoms with Gasteiger partial charge >= 0.3 is 5.97 Å². The van der Waals surface area contributed by atoms with Gasteiger partial charge in [0, 0.05) is 13.0 Å². The van der Waals surface area contributed by atoms with Gasteiger partial charge in [0.2, 0.25) is 5.91 Å². The van der Waals surface area contributed by atoms with Crippen LogP contribution in [0.1, 0.15) is 19.8 Å². The van der Waals surface area contributed by atoms with Crippen LogP contribution in [0.5, 0.6) is 0 Å². The van der Waals surface area contributed by atoms with Crippen molar-refractivity contribution >= 4 is 21.7 Å². The SMILES string of the molecule is CCCS(=O)(=O)CC(=O)NC1(C(=O)O)CCOC1. The fourth-order valence-electron chi connectivity index (χ4n) is 1.77. The first-order chi connectivity index (χ1) is 8.31. The number of hydrogen-bond donors (Lipinski definition) is 2. The number of carbonyl (C=O) groups excluding carboxylic acids is 1. The third-order valence-corrected chi connectivity index (χ3v) is 4.41. The second-order valence-corrected chi connectivity index (χ2v) is 6.51. The number of carboxylic acid groups (broad SMARTS) is 1. The van der Waals surface area contributed by atoms with Gasteiger partial charge in [-0.15, -0.1) is 0 Å². The van der Waals surface area contributed by atoms with Gasteiger partial charge in [0.15, 0.2) is 15.4 Å². The van der Waals surface area contributed by atoms with Gasteiger partial charge in [-0.1, -0.05) is 6.92 Å². The van der Waals surface area contributed by atoms with Crippen molar-refractivity contribution in [3.63, 3.8) is 0 Å². The first-order valence-corrected chi connectivity index (χ1v) is 7.46. The quantitative estimate of drug-likeness (QED) is 0.657. The van der Waals surface area contributed by atoms with E-state index in [-0.39, 0.29) is 25.4 Å². The van der Waals surface area contributed by atoms with Gasteiger partial charge in [0.05, 0.1) is 12.4 Å². The molecule has 1 fully saturated rings. The summed E-state index contributed by atoms with van der Waals surface area (Å²) in [5.41, 5.74) is -1.49. The minimum Gasteiger partial charge on any atom is -0.479 e. The van der Waals surface area contributed by atoms with Crippen LogP contribution in [0.3, 0.4) is 0 Å². The molecule has 0 aromatic rings. The van der Waals surface area contributed by atoms with E-state index in [0.29, 0.717) is 6.42 Å². The van der Waals surface area contributed by atoms with Crippen molar-refractivity contribution < 1.29 is 27.9 Å². The normalized spacial score (nSPS) is 23.8. The molecule has 104 valence electrons. The van der Waals surface area contributed by atoms with Crippen LogP contribution in [0, 0.1) is 0 Å². The number of hydrogen-bond acceptors (Lipinski definition) is 5. The van der Waals surface area contributed by atoms with Crippen LogP contribution in [0.4, 0.5) is 0 Å². The largest absolute Gasteiger partial charge is 0.479 e. The molecular weight excluding hydrogens is 262 g/mol. The highest BCUT2D eigenvalue weighted by atomic mass is 32.2. The molecule has 1 aliphatic heterocycles. The van der Waals surface area contributed by atoms with E-state index in [2.05, 4.69) is 5.32 Å². The summed E-state index contributed by atoms with van der Waals surface area (Å²) in [6, 6.07) is 0. The fourth-order valence-corrected chi connectivity index (χ4v) is 3.01. The van der Waals surface area contributed by atoms with Gasteiger partial charge in [0.25, 0.3) is 0 Å². The van der Waals surface area contributed by atoms with E-state index in [9.17, 15) is 18.0 Å². The second kappa shape index (κ2) is 5.66. The van der Waals surface area contributed by atoms with E-state index in [4.69, 9.17) is 9.84 Å². The molecule has 1 rings (SSSR count). The minimum absolute atomic E-state index is 0.0863. The number of amides is 1. The smallest absolute Gasteiger partial charge is 0.331 e. The highest BCUT2D eigenvalue weighted by Crippen LogP contribution is 2.18. The Kier molecular flexibility index (Phi) is 4.69. The van der Waals surface area contributed by atoms with Crippen molar-refractivity contribution in [1.82, 2.24) is 5.32 Å². The molecule has 8 heteroatoms. The minimum atomic E-state index is -3.47. The summed E-state index contributed by atoms with van der Waals surface area (Å²) in [4.78, 5) is 22.7. The van der Waals surface area contributed by atoms with Crippen LogP contribution in [-0.2, 0) is 24.2 Å². The number of sulfone groups is 1. The summed E-state index contributed by atoms with van der Waals surface area (Å²) in [5.74, 6) is -2.77. The lowest BCUT2D eigenvalue weighted by Gasteiger charge is -2.23. The number of carboxylic acids is 1. The molecular formula is C10H17NO6S. The monoisotopic (exact) mass is 279 g/mol. The molecule has 0 aromatic carbocycles. The maximum atomic E-state index is 11.6. The average molecular weight is 279 g/mol. The standard InChI is InChI=1S/C10H17NO6S/c1-2-5-18(15,16)6-8(12)11-10(9(13)14)3-4-17-7-10/h2-7H2,1H3,(H,11,12)(H,13,14). The lowest BCUT2D eigenvalue weighted by molar-refractivity contribution is -0.147. The number of nitrogens with one attached hydrogen (secondary N) is 1. The number of aliphatic carboxylic acids is 1. The van der Waals surface area contributed by atoms with Crippen LogP contribution < -0.4 is 5.32 Å². The number of ether oxygens (including phenoxy) is 1. The number of rotatable bonds is 6. The summed E-state index contributed by atoms with van der Waals surface area (Å²) in [6.07, 6.45) is 0.560. The molecule has 7 nitrogen and oxygen atoms in total. The van der Waals surface area contributed by atoms with Crippen molar-refractivity contribution in [1.29, 1.82) is 0 Å². The van der Waals surface area contributed by atoms with Crippen molar-refractivity contribution in [3.05, 3.63) is 0 Å². The van der Waals surface area contributed by atoms with E-state index in [1.54, 1.807) is 6.92 Å². The lowest BCUT2D eigenvalue weighted by Crippen LogP contribution is -2.56. The van der Waals surface area contributed by atoms with Crippen molar-refractivity contribution in [2.24, 2.45) is 0 Å². The van der Waals surface area contributed by atoms with E-state index in [1.807, 2.05) is 0 Å². The van der Waals surface area contributed by atoms with Crippen LogP contribution in [0.15, 0.2) is 0 Å². The zero-order valence-corrected chi connectivity index (χ0v) is 11.0. The molecule has 1 amide bonds. The van der Waals surface area contributed by atoms with Gasteiger partial charge in [-0.2, -0.15) is 0 Å². The second-order valence-electron chi connectivity index (χ2n) is 4.33. The van der Waals surface area contributed by atoms with Crippen molar-refractivity contribution in [2.75, 3.05) is 24.7 Å². The van der Waals surface area contributed by atoms with Crippen molar-refractivity contribution in [3.8, 4) is 0 Å². The molecule has 1 unspecified atom stereocenters. The van der Waals surface area contributed by atoms with Crippen LogP contribution >= 0.6 is 0 Å². The van der Waals surface area contributed by atoms with Crippen LogP contribution in [0.25, 0.3) is 0 Å². The highest BCUT2D eigenvalue weighted by Gasteiger charge is 2.44. The molecule has 1 saturated heterocycles. The zero-order chi connectivity index (χ0) is 13.8. The summed E-state index contributed by atoms with van der Waals surface area (Å²) < 4.78 is 27.9. The van der Waals surface area contributed by atoms with Gasteiger partial charge in [-0.3, -0.25) is 4.79 Å². The van der Waals surface area contributed by atoms with E-state index < -0.39 is 33.0 Å². The molecule has 0 saturated carbocycles. The molecule has 1 aliphatic rings. The van der Waals surface area contributed by atoms with E-state index >= 15 is 0 Å². The molecule has 0 aliphatic carbocycles. The summed E-state index contributed by atoms with van der Waals surface area (Å²) in [5, 5.41) is 11.3. The summed E-state index contributed by atoms with van der Waals surface area (Å²) in [6.45, 7) is 1.79. The Balaban J connectivity index is 2.66. The Labute approximate surface area is 105 Å². The summed E-state index contributed by atoms with van der Waals surface area (Å²) in [7, 11) is -3.47. The molecule has 0 aromatic heterocycles. The Morgan fingerprint density at radius 3 is 2.56 bits per heavy atom. The number of carbonyl (C=O) groups is 2. The third-order valence-electron chi connectivity index (χ3n) is 2.68. The van der Waals surface area contributed by atoms with E-state index in [1.165, 1.54) is 0 Å². The summed E-state index contributed by atoms with van der Waals surface area (Å²) >= 11 is 0. The molecule has 1 heterocycles. The van der Waals surface area contributed by atoms with Gasteiger partial charge < -0.3 is 15.2 Å². The maximum absolute atomic E-state index is 11.6. The Morgan fingerprint density at radius 1 is 1.44 bits per heavy atom. The predicted molar refractivity (Wildman–Crippen MR) is 62.9 cm³/mol. The first-order valence-electron chi connectivity index (χ1n) is 5.64. The molecule has 0 radical (unpaired) electrons. The Morgan fingerprint density at radius 2 is 2.11 bits per heavy atom.